The molecule has 5 heterocycles. The maximum Gasteiger partial charge on any atom is 0.280 e. The third kappa shape index (κ3) is 4.46. The molecule has 0 radical (unpaired) electrons. The standard InChI is InChI=1S/C23H21F2N9O2S/c1-3-34-12(2)14(10-28-34)13-9-16(20(24)25)29-23-17(13)18(19(37-23)21(26)35)30-22(36)15-5-8-33(31-15)11-32-7-4-6-27-32/h4-10,20H,3,11H2,1-2H3,(H2,26,35)(H,30,36). The zero-order valence-electron chi connectivity index (χ0n) is 19.7. The third-order valence-electron chi connectivity index (χ3n) is 5.78. The highest BCUT2D eigenvalue weighted by Crippen LogP contribution is 2.43. The number of amides is 2. The quantitative estimate of drug-likeness (QED) is 0.317. The molecule has 0 spiro atoms. The van der Waals surface area contributed by atoms with E-state index in [1.54, 1.807) is 40.2 Å². The number of primary amides is 1. The number of fused-ring (bicyclic) bond motifs is 1. The topological polar surface area (TPSA) is 139 Å². The smallest absolute Gasteiger partial charge is 0.280 e. The molecule has 0 aliphatic heterocycles. The van der Waals surface area contributed by atoms with Crippen molar-refractivity contribution in [1.82, 2.24) is 34.3 Å². The van der Waals surface area contributed by atoms with Crippen molar-refractivity contribution in [3.05, 3.63) is 64.9 Å². The zero-order chi connectivity index (χ0) is 26.3. The fourth-order valence-electron chi connectivity index (χ4n) is 4.04. The molecule has 0 atom stereocenters. The van der Waals surface area contributed by atoms with Crippen LogP contribution in [0.3, 0.4) is 0 Å². The number of anilines is 1. The molecule has 0 aliphatic carbocycles. The van der Waals surface area contributed by atoms with Gasteiger partial charge in [-0.05, 0) is 37.6 Å². The Hall–Kier alpha value is -4.46. The number of nitrogens with zero attached hydrogens (tertiary/aromatic N) is 7. The summed E-state index contributed by atoms with van der Waals surface area (Å²) in [6, 6.07) is 4.53. The van der Waals surface area contributed by atoms with Crippen molar-refractivity contribution in [2.75, 3.05) is 5.32 Å². The predicted molar refractivity (Wildman–Crippen MR) is 133 cm³/mol. The third-order valence-corrected chi connectivity index (χ3v) is 6.88. The minimum atomic E-state index is -2.85. The Kier molecular flexibility index (Phi) is 6.25. The first kappa shape index (κ1) is 24.2. The number of rotatable bonds is 8. The fraction of sp³-hybridized carbons (Fsp3) is 0.217. The molecule has 0 bridgehead atoms. The molecule has 0 aliphatic rings. The van der Waals surface area contributed by atoms with Gasteiger partial charge in [-0.3, -0.25) is 23.6 Å². The second-order valence-corrected chi connectivity index (χ2v) is 9.09. The van der Waals surface area contributed by atoms with Crippen LogP contribution in [0, 0.1) is 6.92 Å². The minimum Gasteiger partial charge on any atom is -0.365 e. The monoisotopic (exact) mass is 525 g/mol. The number of nitrogens with two attached hydrogens (primary N) is 1. The van der Waals surface area contributed by atoms with Crippen LogP contribution >= 0.6 is 11.3 Å². The van der Waals surface area contributed by atoms with E-state index >= 15 is 0 Å². The van der Waals surface area contributed by atoms with Crippen LogP contribution in [0.2, 0.25) is 0 Å². The molecule has 5 rings (SSSR count). The highest BCUT2D eigenvalue weighted by Gasteiger charge is 2.27. The van der Waals surface area contributed by atoms with Crippen LogP contribution in [0.1, 0.15) is 44.9 Å². The number of halogens is 2. The molecule has 0 unspecified atom stereocenters. The average Bonchev–Trinajstić information content (AvgIpc) is 3.66. The van der Waals surface area contributed by atoms with Gasteiger partial charge >= 0.3 is 0 Å². The highest BCUT2D eigenvalue weighted by molar-refractivity contribution is 7.21. The molecule has 37 heavy (non-hydrogen) atoms. The van der Waals surface area contributed by atoms with Gasteiger partial charge in [-0.2, -0.15) is 15.3 Å². The molecule has 11 nitrogen and oxygen atoms in total. The largest absolute Gasteiger partial charge is 0.365 e. The van der Waals surface area contributed by atoms with Gasteiger partial charge in [-0.25, -0.2) is 13.8 Å². The van der Waals surface area contributed by atoms with Gasteiger partial charge in [0.2, 0.25) is 0 Å². The average molecular weight is 526 g/mol. The number of alkyl halides is 2. The van der Waals surface area contributed by atoms with Crippen LogP contribution in [0.4, 0.5) is 14.5 Å². The Morgan fingerprint density at radius 3 is 2.65 bits per heavy atom. The van der Waals surface area contributed by atoms with Crippen LogP contribution in [-0.4, -0.2) is 46.1 Å². The summed E-state index contributed by atoms with van der Waals surface area (Å²) in [5.74, 6) is -1.43. The molecule has 14 heteroatoms. The van der Waals surface area contributed by atoms with Crippen molar-refractivity contribution in [2.45, 2.75) is 33.5 Å². The van der Waals surface area contributed by atoms with Crippen molar-refractivity contribution in [1.29, 1.82) is 0 Å². The molecule has 0 fully saturated rings. The number of pyridine rings is 1. The summed E-state index contributed by atoms with van der Waals surface area (Å²) in [5, 5.41) is 15.7. The summed E-state index contributed by atoms with van der Waals surface area (Å²) < 4.78 is 32.3. The Balaban J connectivity index is 1.61. The van der Waals surface area contributed by atoms with E-state index in [1.165, 1.54) is 16.8 Å². The van der Waals surface area contributed by atoms with Gasteiger partial charge in [0.15, 0.2) is 5.69 Å². The number of hydrogen-bond donors (Lipinski definition) is 2. The highest BCUT2D eigenvalue weighted by atomic mass is 32.1. The summed E-state index contributed by atoms with van der Waals surface area (Å²) in [5.41, 5.74) is 6.99. The number of nitrogens with one attached hydrogen (secondary N) is 1. The van der Waals surface area contributed by atoms with E-state index in [0.717, 1.165) is 17.0 Å². The van der Waals surface area contributed by atoms with Crippen LogP contribution in [0.5, 0.6) is 0 Å². The molecule has 3 N–H and O–H groups in total. The molecular weight excluding hydrogens is 504 g/mol. The van der Waals surface area contributed by atoms with Crippen LogP contribution in [-0.2, 0) is 13.2 Å². The summed E-state index contributed by atoms with van der Waals surface area (Å²) in [4.78, 5) is 29.7. The van der Waals surface area contributed by atoms with E-state index in [9.17, 15) is 18.4 Å². The summed E-state index contributed by atoms with van der Waals surface area (Å²) in [6.45, 7) is 4.58. The van der Waals surface area contributed by atoms with Gasteiger partial charge in [-0.15, -0.1) is 11.3 Å². The Bertz CT molecular complexity index is 1620. The minimum absolute atomic E-state index is 0.0139. The van der Waals surface area contributed by atoms with Crippen molar-refractivity contribution in [2.24, 2.45) is 5.73 Å². The van der Waals surface area contributed by atoms with Gasteiger partial charge in [0.25, 0.3) is 18.2 Å². The fourth-order valence-corrected chi connectivity index (χ4v) is 5.05. The summed E-state index contributed by atoms with van der Waals surface area (Å²) in [7, 11) is 0. The number of hydrogen-bond acceptors (Lipinski definition) is 7. The number of aryl methyl sites for hydroxylation is 1. The lowest BCUT2D eigenvalue weighted by Crippen LogP contribution is -2.18. The lowest BCUT2D eigenvalue weighted by Gasteiger charge is -2.10. The number of carbonyl (C=O) groups excluding carboxylic acids is 2. The first-order valence-corrected chi connectivity index (χ1v) is 12.0. The zero-order valence-corrected chi connectivity index (χ0v) is 20.5. The summed E-state index contributed by atoms with van der Waals surface area (Å²) >= 11 is 0.838. The Labute approximate surface area is 212 Å². The molecule has 190 valence electrons. The van der Waals surface area contributed by atoms with Crippen LogP contribution in [0.25, 0.3) is 21.3 Å². The van der Waals surface area contributed by atoms with Gasteiger partial charge in [-0.1, -0.05) is 0 Å². The van der Waals surface area contributed by atoms with Crippen molar-refractivity contribution < 1.29 is 18.4 Å². The first-order valence-electron chi connectivity index (χ1n) is 11.2. The predicted octanol–water partition coefficient (Wildman–Crippen LogP) is 3.68. The van der Waals surface area contributed by atoms with Gasteiger partial charge in [0.1, 0.15) is 22.1 Å². The van der Waals surface area contributed by atoms with Crippen LogP contribution < -0.4 is 11.1 Å². The molecule has 0 saturated carbocycles. The van der Waals surface area contributed by atoms with Crippen molar-refractivity contribution >= 4 is 39.1 Å². The molecule has 0 aromatic carbocycles. The molecule has 2 amide bonds. The lowest BCUT2D eigenvalue weighted by molar-refractivity contribution is 0.100. The van der Waals surface area contributed by atoms with E-state index in [-0.39, 0.29) is 21.1 Å². The second kappa shape index (κ2) is 9.54. The Morgan fingerprint density at radius 2 is 2.00 bits per heavy atom. The number of thiophene rings is 1. The van der Waals surface area contributed by atoms with Crippen molar-refractivity contribution in [3.63, 3.8) is 0 Å². The van der Waals surface area contributed by atoms with Crippen molar-refractivity contribution in [3.8, 4) is 11.1 Å². The normalized spacial score (nSPS) is 11.5. The van der Waals surface area contributed by atoms with Crippen LogP contribution in [0.15, 0.2) is 43.0 Å². The van der Waals surface area contributed by atoms with Gasteiger partial charge < -0.3 is 11.1 Å². The van der Waals surface area contributed by atoms with E-state index < -0.39 is 23.9 Å². The molecular formula is C23H21F2N9O2S. The number of aromatic nitrogens is 7. The second-order valence-electron chi connectivity index (χ2n) is 8.09. The maximum absolute atomic E-state index is 13.7. The van der Waals surface area contributed by atoms with E-state index in [4.69, 9.17) is 5.73 Å². The van der Waals surface area contributed by atoms with E-state index in [0.29, 0.717) is 29.7 Å². The van der Waals surface area contributed by atoms with E-state index in [2.05, 4.69) is 25.6 Å². The first-order chi connectivity index (χ1) is 17.8. The van der Waals surface area contributed by atoms with Gasteiger partial charge in [0.05, 0.1) is 11.9 Å². The summed E-state index contributed by atoms with van der Waals surface area (Å²) in [6.07, 6.45) is 3.71. The van der Waals surface area contributed by atoms with Gasteiger partial charge in [0, 0.05) is 41.8 Å². The maximum atomic E-state index is 13.7. The molecule has 0 saturated heterocycles. The molecule has 5 aromatic rings. The lowest BCUT2D eigenvalue weighted by atomic mass is 10.0. The number of carbonyl (C=O) groups is 2. The Morgan fingerprint density at radius 1 is 1.19 bits per heavy atom. The van der Waals surface area contributed by atoms with E-state index in [1.807, 2.05) is 13.8 Å². The SMILES string of the molecule is CCn1ncc(-c2cc(C(F)F)nc3sc(C(N)=O)c(NC(=O)c4ccn(Cn5cccn5)n4)c23)c1C. The molecule has 5 aromatic heterocycles.